The first-order valence-electron chi connectivity index (χ1n) is 8.69. The molecule has 0 radical (unpaired) electrons. The van der Waals surface area contributed by atoms with Gasteiger partial charge in [-0.1, -0.05) is 12.8 Å². The summed E-state index contributed by atoms with van der Waals surface area (Å²) in [5, 5.41) is 0. The third kappa shape index (κ3) is 3.26. The fourth-order valence-corrected chi connectivity index (χ4v) is 5.60. The van der Waals surface area contributed by atoms with E-state index in [0.717, 1.165) is 37.8 Å². The molecule has 1 aromatic heterocycles. The van der Waals surface area contributed by atoms with Gasteiger partial charge in [-0.2, -0.15) is 0 Å². The van der Waals surface area contributed by atoms with Crippen molar-refractivity contribution in [2.75, 3.05) is 25.4 Å². The highest BCUT2D eigenvalue weighted by molar-refractivity contribution is 8.01. The van der Waals surface area contributed by atoms with E-state index < -0.39 is 0 Å². The van der Waals surface area contributed by atoms with Gasteiger partial charge in [0, 0.05) is 37.8 Å². The minimum atomic E-state index is 0.111. The Hall–Kier alpha value is -1.07. The lowest BCUT2D eigenvalue weighted by molar-refractivity contribution is 0.0197. The lowest BCUT2D eigenvalue weighted by Gasteiger charge is -2.47. The molecule has 1 aromatic rings. The van der Waals surface area contributed by atoms with Crippen molar-refractivity contribution < 1.29 is 9.53 Å². The predicted octanol–water partition coefficient (Wildman–Crippen LogP) is 2.99. The predicted molar refractivity (Wildman–Crippen MR) is 91.6 cm³/mol. The summed E-state index contributed by atoms with van der Waals surface area (Å²) in [6.45, 7) is 2.66. The van der Waals surface area contributed by atoms with E-state index in [-0.39, 0.29) is 10.7 Å². The van der Waals surface area contributed by atoms with Crippen molar-refractivity contribution in [3.8, 4) is 0 Å². The summed E-state index contributed by atoms with van der Waals surface area (Å²) in [7, 11) is 0. The molecule has 0 bridgehead atoms. The van der Waals surface area contributed by atoms with Gasteiger partial charge in [0.25, 0.3) is 5.91 Å². The number of hydrogen-bond donors (Lipinski definition) is 0. The van der Waals surface area contributed by atoms with Crippen molar-refractivity contribution in [3.05, 3.63) is 30.1 Å². The Balaban J connectivity index is 1.25. The Labute approximate surface area is 142 Å². The Morgan fingerprint density at radius 1 is 1.39 bits per heavy atom. The molecule has 5 heteroatoms. The summed E-state index contributed by atoms with van der Waals surface area (Å²) in [6, 6.07) is 3.66. The van der Waals surface area contributed by atoms with Crippen molar-refractivity contribution in [1.29, 1.82) is 0 Å². The third-order valence-corrected chi connectivity index (χ3v) is 6.95. The van der Waals surface area contributed by atoms with Crippen LogP contribution in [0.15, 0.2) is 24.5 Å². The second-order valence-corrected chi connectivity index (χ2v) is 8.69. The van der Waals surface area contributed by atoms with Gasteiger partial charge in [0.1, 0.15) is 0 Å². The maximum absolute atomic E-state index is 12.4. The molecular weight excluding hydrogens is 308 g/mol. The molecule has 3 aliphatic rings. The van der Waals surface area contributed by atoms with E-state index in [4.69, 9.17) is 4.74 Å². The number of aromatic nitrogens is 1. The van der Waals surface area contributed by atoms with E-state index in [1.54, 1.807) is 12.4 Å². The van der Waals surface area contributed by atoms with Crippen molar-refractivity contribution >= 4 is 17.7 Å². The minimum absolute atomic E-state index is 0.111. The van der Waals surface area contributed by atoms with Gasteiger partial charge in [-0.05, 0) is 37.3 Å². The molecule has 4 rings (SSSR count). The zero-order chi connectivity index (χ0) is 15.7. The summed E-state index contributed by atoms with van der Waals surface area (Å²) in [5.41, 5.74) is 0.694. The summed E-state index contributed by atoms with van der Waals surface area (Å²) in [5.74, 6) is 1.99. The highest BCUT2D eigenvalue weighted by Gasteiger charge is 2.51. The Morgan fingerprint density at radius 2 is 2.22 bits per heavy atom. The first-order valence-corrected chi connectivity index (χ1v) is 9.68. The molecule has 3 fully saturated rings. The molecule has 3 heterocycles. The Bertz CT molecular complexity index is 553. The van der Waals surface area contributed by atoms with Crippen LogP contribution in [0.3, 0.4) is 0 Å². The molecule has 1 saturated carbocycles. The molecule has 124 valence electrons. The Morgan fingerprint density at radius 3 is 2.96 bits per heavy atom. The fraction of sp³-hybridized carbons (Fsp3) is 0.667. The Kier molecular flexibility index (Phi) is 4.33. The van der Waals surface area contributed by atoms with Gasteiger partial charge in [-0.25, -0.2) is 0 Å². The average Bonchev–Trinajstić information content (AvgIpc) is 3.21. The number of thioether (sulfide) groups is 1. The van der Waals surface area contributed by atoms with Gasteiger partial charge in [-0.15, -0.1) is 11.8 Å². The maximum atomic E-state index is 12.4. The van der Waals surface area contributed by atoms with E-state index in [0.29, 0.717) is 11.7 Å². The van der Waals surface area contributed by atoms with Crippen molar-refractivity contribution in [2.24, 2.45) is 5.92 Å². The number of carbonyl (C=O) groups excluding carboxylic acids is 1. The van der Waals surface area contributed by atoms with Gasteiger partial charge < -0.3 is 9.64 Å². The summed E-state index contributed by atoms with van der Waals surface area (Å²) >= 11 is 2.00. The topological polar surface area (TPSA) is 42.4 Å². The minimum Gasteiger partial charge on any atom is -0.377 e. The third-order valence-electron chi connectivity index (χ3n) is 5.37. The molecule has 0 N–H and O–H groups in total. The average molecular weight is 332 g/mol. The first kappa shape index (κ1) is 15.5. The lowest BCUT2D eigenvalue weighted by Crippen LogP contribution is -2.60. The standard InChI is InChI=1S/C18H24N2O2S/c21-17(15-6-3-7-19-9-15)20-12-18(13-20)8-16(11-23-18)22-10-14-4-1-2-5-14/h3,6-7,9,14,16H,1-2,4-5,8,10-13H2. The molecule has 2 aliphatic heterocycles. The maximum Gasteiger partial charge on any atom is 0.255 e. The largest absolute Gasteiger partial charge is 0.377 e. The highest BCUT2D eigenvalue weighted by Crippen LogP contribution is 2.46. The van der Waals surface area contributed by atoms with Crippen LogP contribution in [0.1, 0.15) is 42.5 Å². The molecule has 23 heavy (non-hydrogen) atoms. The summed E-state index contributed by atoms with van der Waals surface area (Å²) < 4.78 is 6.41. The number of amides is 1. The van der Waals surface area contributed by atoms with E-state index >= 15 is 0 Å². The van der Waals surface area contributed by atoms with Crippen LogP contribution in [0.5, 0.6) is 0 Å². The zero-order valence-corrected chi connectivity index (χ0v) is 14.3. The molecule has 1 spiro atoms. The molecular formula is C18H24N2O2S. The second kappa shape index (κ2) is 6.44. The van der Waals surface area contributed by atoms with E-state index in [2.05, 4.69) is 4.98 Å². The molecule has 1 atom stereocenters. The van der Waals surface area contributed by atoms with Crippen LogP contribution >= 0.6 is 11.8 Å². The summed E-state index contributed by atoms with van der Waals surface area (Å²) in [4.78, 5) is 18.4. The van der Waals surface area contributed by atoms with E-state index in [9.17, 15) is 4.79 Å². The van der Waals surface area contributed by atoms with Crippen LogP contribution in [0.25, 0.3) is 0 Å². The van der Waals surface area contributed by atoms with Gasteiger partial charge in [0.2, 0.25) is 0 Å². The molecule has 1 amide bonds. The number of likely N-dealkylation sites (tertiary alicyclic amines) is 1. The number of hydrogen-bond acceptors (Lipinski definition) is 4. The van der Waals surface area contributed by atoms with Crippen LogP contribution in [0.2, 0.25) is 0 Å². The van der Waals surface area contributed by atoms with Crippen molar-refractivity contribution in [3.63, 3.8) is 0 Å². The van der Waals surface area contributed by atoms with Crippen LogP contribution < -0.4 is 0 Å². The van der Waals surface area contributed by atoms with Crippen LogP contribution in [0, 0.1) is 5.92 Å². The van der Waals surface area contributed by atoms with Crippen LogP contribution in [-0.2, 0) is 4.74 Å². The number of nitrogens with zero attached hydrogens (tertiary/aromatic N) is 2. The van der Waals surface area contributed by atoms with Crippen LogP contribution in [0.4, 0.5) is 0 Å². The quantitative estimate of drug-likeness (QED) is 0.850. The highest BCUT2D eigenvalue weighted by atomic mass is 32.2. The van der Waals surface area contributed by atoms with Crippen LogP contribution in [-0.4, -0.2) is 52.1 Å². The number of pyridine rings is 1. The van der Waals surface area contributed by atoms with Crippen molar-refractivity contribution in [2.45, 2.75) is 43.0 Å². The number of rotatable bonds is 4. The molecule has 4 nitrogen and oxygen atoms in total. The monoisotopic (exact) mass is 332 g/mol. The first-order chi connectivity index (χ1) is 11.2. The lowest BCUT2D eigenvalue weighted by atomic mass is 9.92. The molecule has 0 aromatic carbocycles. The van der Waals surface area contributed by atoms with Gasteiger partial charge in [0.05, 0.1) is 16.4 Å². The number of ether oxygens (including phenoxy) is 1. The molecule has 2 saturated heterocycles. The second-order valence-electron chi connectivity index (χ2n) is 7.21. The number of carbonyl (C=O) groups is 1. The molecule has 1 aliphatic carbocycles. The van der Waals surface area contributed by atoms with E-state index in [1.807, 2.05) is 28.8 Å². The normalized spacial score (nSPS) is 26.6. The fourth-order valence-electron chi connectivity index (χ4n) is 4.04. The zero-order valence-electron chi connectivity index (χ0n) is 13.4. The SMILES string of the molecule is O=C(c1cccnc1)N1CC2(CC(OCC3CCCC3)CS2)C1. The van der Waals surface area contributed by atoms with E-state index in [1.165, 1.54) is 25.7 Å². The molecule has 1 unspecified atom stereocenters. The van der Waals surface area contributed by atoms with Gasteiger partial charge in [0.15, 0.2) is 0 Å². The summed E-state index contributed by atoms with van der Waals surface area (Å²) in [6.07, 6.45) is 10.3. The van der Waals surface area contributed by atoms with Crippen molar-refractivity contribution in [1.82, 2.24) is 9.88 Å². The van der Waals surface area contributed by atoms with Gasteiger partial charge >= 0.3 is 0 Å². The smallest absolute Gasteiger partial charge is 0.255 e. The van der Waals surface area contributed by atoms with Gasteiger partial charge in [-0.3, -0.25) is 9.78 Å².